The first-order valence-electron chi connectivity index (χ1n) is 19.7. The predicted octanol–water partition coefficient (Wildman–Crippen LogP) is 4.69. The lowest BCUT2D eigenvalue weighted by atomic mass is 9.79. The van der Waals surface area contributed by atoms with Crippen LogP contribution in [0.1, 0.15) is 44.7 Å². The smallest absolute Gasteiger partial charge is 0.334 e. The number of hydrogen-bond donors (Lipinski definition) is 2. The molecule has 2 saturated heterocycles. The summed E-state index contributed by atoms with van der Waals surface area (Å²) in [4.78, 5) is 79.7. The van der Waals surface area contributed by atoms with E-state index in [1.165, 1.54) is 36.4 Å². The van der Waals surface area contributed by atoms with Crippen LogP contribution in [0.3, 0.4) is 0 Å². The van der Waals surface area contributed by atoms with Crippen molar-refractivity contribution in [3.63, 3.8) is 0 Å². The van der Waals surface area contributed by atoms with E-state index in [1.54, 1.807) is 31.2 Å². The van der Waals surface area contributed by atoms with Crippen LogP contribution < -0.4 is 0 Å². The summed E-state index contributed by atoms with van der Waals surface area (Å²) in [5.41, 5.74) is 4.79. The van der Waals surface area contributed by atoms with Gasteiger partial charge in [-0.25, -0.2) is 4.79 Å². The molecule has 0 aromatic heterocycles. The first-order valence-corrected chi connectivity index (χ1v) is 19.7. The van der Waals surface area contributed by atoms with Crippen molar-refractivity contribution in [1.29, 1.82) is 0 Å². The van der Waals surface area contributed by atoms with E-state index in [-0.39, 0.29) is 67.5 Å². The Morgan fingerprint density at radius 3 is 1.69 bits per heavy atom. The number of carbonyl (C=O) groups excluding carboxylic acids is 6. The highest BCUT2D eigenvalue weighted by atomic mass is 16.6. The highest BCUT2D eigenvalue weighted by molar-refractivity contribution is 6.10. The molecule has 306 valence electrons. The lowest BCUT2D eigenvalue weighted by molar-refractivity contribution is -0.146. The van der Waals surface area contributed by atoms with Crippen molar-refractivity contribution >= 4 is 35.4 Å². The molecule has 13 heteroatoms. The van der Waals surface area contributed by atoms with Crippen LogP contribution in [-0.2, 0) is 65.3 Å². The van der Waals surface area contributed by atoms with Gasteiger partial charge in [0.25, 0.3) is 0 Å². The SMILES string of the molecule is C=C1C(=O)O[C@@H]2[C@H]3C(COC(=O)Cc4ccc(O)cc4)=CC(=O)C3=C(C)C[C@H](O[C@H]3CC(C)=C4C(=O)C=C(COC(=O)Cc5ccc(O)cc5)[C@@H]4[C@@H]4OC(=O)[C@@H](C)[C@@H]43)[C@@H]12. The highest BCUT2D eigenvalue weighted by Crippen LogP contribution is 2.52. The number of phenols is 2. The first kappa shape index (κ1) is 39.7. The van der Waals surface area contributed by atoms with Crippen LogP contribution in [0.15, 0.2) is 106 Å². The molecule has 2 fully saturated rings. The molecule has 6 aliphatic rings. The zero-order valence-electron chi connectivity index (χ0n) is 32.8. The first-order chi connectivity index (χ1) is 28.2. The number of hydrogen-bond acceptors (Lipinski definition) is 13. The van der Waals surface area contributed by atoms with Gasteiger partial charge in [-0.05, 0) is 85.4 Å². The number of carbonyl (C=O) groups is 6. The molecule has 9 atom stereocenters. The Labute approximate surface area is 340 Å². The minimum atomic E-state index is -0.896. The number of ketones is 2. The minimum Gasteiger partial charge on any atom is -0.508 e. The third kappa shape index (κ3) is 7.43. The number of rotatable bonds is 10. The maximum absolute atomic E-state index is 13.7. The number of fused-ring (bicyclic) bond motifs is 6. The van der Waals surface area contributed by atoms with E-state index >= 15 is 0 Å². The van der Waals surface area contributed by atoms with Crippen LogP contribution in [0, 0.1) is 29.6 Å². The van der Waals surface area contributed by atoms with Gasteiger partial charge in [0, 0.05) is 28.6 Å². The molecule has 2 aromatic carbocycles. The minimum absolute atomic E-state index is 0.0472. The average molecular weight is 805 g/mol. The molecule has 0 bridgehead atoms. The molecule has 4 aliphatic carbocycles. The molecule has 0 unspecified atom stereocenters. The number of ether oxygens (including phenoxy) is 5. The van der Waals surface area contributed by atoms with Crippen molar-refractivity contribution in [2.75, 3.05) is 13.2 Å². The van der Waals surface area contributed by atoms with Crippen molar-refractivity contribution in [3.8, 4) is 11.5 Å². The van der Waals surface area contributed by atoms with Gasteiger partial charge < -0.3 is 33.9 Å². The number of phenolic OH excluding ortho intramolecular Hbond substituents is 2. The lowest BCUT2D eigenvalue weighted by Crippen LogP contribution is -2.42. The van der Waals surface area contributed by atoms with Gasteiger partial charge in [0.2, 0.25) is 0 Å². The summed E-state index contributed by atoms with van der Waals surface area (Å²) >= 11 is 0. The highest BCUT2D eigenvalue weighted by Gasteiger charge is 2.58. The summed E-state index contributed by atoms with van der Waals surface area (Å²) in [5.74, 6) is -5.84. The Hall–Kier alpha value is -6.08. The summed E-state index contributed by atoms with van der Waals surface area (Å²) in [6.45, 7) is 9.12. The molecule has 0 radical (unpaired) electrons. The summed E-state index contributed by atoms with van der Waals surface area (Å²) in [6.07, 6.45) is 0.147. The molecular weight excluding hydrogens is 760 g/mol. The number of aromatic hydroxyl groups is 2. The maximum atomic E-state index is 13.7. The van der Waals surface area contributed by atoms with Crippen molar-refractivity contribution in [1.82, 2.24) is 0 Å². The predicted molar refractivity (Wildman–Crippen MR) is 207 cm³/mol. The lowest BCUT2D eigenvalue weighted by Gasteiger charge is -2.35. The van der Waals surface area contributed by atoms with E-state index in [0.29, 0.717) is 39.0 Å². The second kappa shape index (κ2) is 15.6. The van der Waals surface area contributed by atoms with Gasteiger partial charge in [0.05, 0.1) is 42.8 Å². The van der Waals surface area contributed by atoms with Crippen LogP contribution >= 0.6 is 0 Å². The molecule has 0 amide bonds. The van der Waals surface area contributed by atoms with E-state index in [4.69, 9.17) is 23.7 Å². The molecule has 13 nitrogen and oxygen atoms in total. The largest absolute Gasteiger partial charge is 0.508 e. The summed E-state index contributed by atoms with van der Waals surface area (Å²) < 4.78 is 30.4. The topological polar surface area (TPSA) is 189 Å². The summed E-state index contributed by atoms with van der Waals surface area (Å²) in [7, 11) is 0. The Morgan fingerprint density at radius 1 is 0.712 bits per heavy atom. The van der Waals surface area contributed by atoms with Crippen molar-refractivity contribution in [2.24, 2.45) is 29.6 Å². The number of benzene rings is 2. The van der Waals surface area contributed by atoms with E-state index < -0.39 is 77.9 Å². The van der Waals surface area contributed by atoms with Gasteiger partial charge in [-0.3, -0.25) is 24.0 Å². The van der Waals surface area contributed by atoms with Gasteiger partial charge in [0.1, 0.15) is 36.9 Å². The van der Waals surface area contributed by atoms with Crippen LogP contribution in [0.5, 0.6) is 11.5 Å². The van der Waals surface area contributed by atoms with Crippen LogP contribution in [0.2, 0.25) is 0 Å². The van der Waals surface area contributed by atoms with Crippen LogP contribution in [0.4, 0.5) is 0 Å². The third-order valence-electron chi connectivity index (χ3n) is 12.6. The molecule has 2 aliphatic heterocycles. The molecular formula is C46H44O13. The van der Waals surface area contributed by atoms with Crippen molar-refractivity contribution < 1.29 is 62.7 Å². The Kier molecular flexibility index (Phi) is 10.5. The fourth-order valence-corrected chi connectivity index (χ4v) is 9.79. The molecule has 2 heterocycles. The average Bonchev–Trinajstić information content (AvgIpc) is 3.85. The van der Waals surface area contributed by atoms with Crippen molar-refractivity contribution in [2.45, 2.75) is 70.9 Å². The fraction of sp³-hybridized carbons (Fsp3) is 0.391. The molecule has 0 saturated carbocycles. The van der Waals surface area contributed by atoms with E-state index in [1.807, 2.05) is 13.8 Å². The molecule has 2 N–H and O–H groups in total. The standard InChI is InChI=1S/C46H44O13/c1-21-13-33(39-23(3)45(53)58-43(39)41-27(17-31(49)37(21)41)19-55-35(51)15-25-5-9-29(47)10-6-25)57-34-14-22(2)38-32(50)18-28(42(38)44-40(34)24(4)46(54)59-44)20-56-36(52)16-26-7-11-30(48)12-8-26/h5-12,17-18,24,33-34,39-44,47-48H,3,13-16,19-20H2,1-2,4H3/t24-,33-,34-,39+,40+,41-,42-,43-,44+/m0/s1. The second-order valence-corrected chi connectivity index (χ2v) is 16.3. The van der Waals surface area contributed by atoms with E-state index in [2.05, 4.69) is 6.58 Å². The molecule has 0 spiro atoms. The Bertz CT molecular complexity index is 2290. The Morgan fingerprint density at radius 2 is 1.19 bits per heavy atom. The van der Waals surface area contributed by atoms with Crippen LogP contribution in [0.25, 0.3) is 0 Å². The summed E-state index contributed by atoms with van der Waals surface area (Å²) in [5, 5.41) is 19.2. The number of allylic oxidation sites excluding steroid dienone is 2. The fourth-order valence-electron chi connectivity index (χ4n) is 9.79. The zero-order chi connectivity index (χ0) is 41.9. The second-order valence-electron chi connectivity index (χ2n) is 16.3. The van der Waals surface area contributed by atoms with Gasteiger partial charge in [-0.15, -0.1) is 0 Å². The third-order valence-corrected chi connectivity index (χ3v) is 12.6. The van der Waals surface area contributed by atoms with Crippen LogP contribution in [-0.4, -0.2) is 83.3 Å². The molecule has 59 heavy (non-hydrogen) atoms. The van der Waals surface area contributed by atoms with Gasteiger partial charge in [0.15, 0.2) is 11.6 Å². The quantitative estimate of drug-likeness (QED) is 0.191. The van der Waals surface area contributed by atoms with Gasteiger partial charge in [-0.1, -0.05) is 48.9 Å². The zero-order valence-corrected chi connectivity index (χ0v) is 32.8. The van der Waals surface area contributed by atoms with Gasteiger partial charge >= 0.3 is 23.9 Å². The Balaban J connectivity index is 1.03. The monoisotopic (exact) mass is 804 g/mol. The normalized spacial score (nSPS) is 29.7. The number of esters is 4. The van der Waals surface area contributed by atoms with Crippen molar-refractivity contribution in [3.05, 3.63) is 117 Å². The van der Waals surface area contributed by atoms with Gasteiger partial charge in [-0.2, -0.15) is 0 Å². The van der Waals surface area contributed by atoms with E-state index in [0.717, 1.165) is 5.57 Å². The summed E-state index contributed by atoms with van der Waals surface area (Å²) in [6, 6.07) is 12.4. The maximum Gasteiger partial charge on any atom is 0.334 e. The molecule has 8 rings (SSSR count). The molecule has 2 aromatic rings. The van der Waals surface area contributed by atoms with E-state index in [9.17, 15) is 39.0 Å².